The van der Waals surface area contributed by atoms with Crippen molar-refractivity contribution in [3.8, 4) is 87.3 Å². The van der Waals surface area contributed by atoms with Gasteiger partial charge < -0.3 is 71.4 Å². The van der Waals surface area contributed by atoms with Gasteiger partial charge in [-0.1, -0.05) is 129 Å². The van der Waals surface area contributed by atoms with Crippen LogP contribution >= 0.6 is 45.3 Å². The molecule has 31 heteroatoms. The zero-order valence-electron chi connectivity index (χ0n) is 79.0. The van der Waals surface area contributed by atoms with Crippen molar-refractivity contribution in [1.29, 1.82) is 0 Å². The van der Waals surface area contributed by atoms with E-state index in [-0.39, 0.29) is 46.6 Å². The van der Waals surface area contributed by atoms with E-state index in [4.69, 9.17) is 19.9 Å². The fourth-order valence-electron chi connectivity index (χ4n) is 18.0. The molecule has 16 aromatic rings. The van der Waals surface area contributed by atoms with Gasteiger partial charge in [0.2, 0.25) is 0 Å². The summed E-state index contributed by atoms with van der Waals surface area (Å²) in [7, 11) is 2.07. The molecule has 14 heterocycles. The number of nitrogens with one attached hydrogen (secondary N) is 9. The third kappa shape index (κ3) is 20.0. The molecule has 1 fully saturated rings. The van der Waals surface area contributed by atoms with Gasteiger partial charge in [-0.05, 0) is 183 Å². The van der Waals surface area contributed by atoms with E-state index in [1.807, 2.05) is 218 Å². The van der Waals surface area contributed by atoms with Crippen LogP contribution in [0.25, 0.3) is 134 Å². The Morgan fingerprint density at radius 2 is 0.695 bits per heavy atom. The van der Waals surface area contributed by atoms with Gasteiger partial charge in [-0.2, -0.15) is 0 Å². The molecule has 708 valence electrons. The molecule has 1 saturated heterocycles. The fourth-order valence-corrected chi connectivity index (χ4v) is 21.4. The Hall–Kier alpha value is -16.0. The van der Waals surface area contributed by atoms with Gasteiger partial charge in [-0.15, -0.1) is 45.3 Å². The van der Waals surface area contributed by atoms with Gasteiger partial charge in [0, 0.05) is 208 Å². The molecule has 5 aliphatic rings. The van der Waals surface area contributed by atoms with Crippen LogP contribution < -0.4 is 26.6 Å². The van der Waals surface area contributed by atoms with Gasteiger partial charge >= 0.3 is 11.9 Å². The van der Waals surface area contributed by atoms with Crippen molar-refractivity contribution in [2.24, 2.45) is 0 Å². The standard InChI is InChI=1S/C31H33N5O2S.C30H29N5O2S.C25H19N3O3S.C24H18N4O3S/c1-5-36(6-2)15-14-32-30(38)28-19(3)26(33-20(28)4)17-24-23-16-22(12-13-25(23)34-29(24)37)27-18-39-31(35-27)21-10-8-7-9-11-21;1-18-25(31-19(2)27(18)30(37)35-13-11-34(3)12-14-35)16-23-22-15-21(9-10-24(22)32-28(23)36)26-17-38-29(33-26)20-7-5-4-6-8-20;1-13-20(26-14(2)22(13)25(30)31)11-18-17-10-16(8-9-19(17)27-23(18)29)21-12-32-24(28-21)15-6-4-3-5-7-15;1-12-19(26-13(2)21(12)24(30)31)9-17-16-8-14(5-6-18(16)27-22(17)29)20-11-32-23(28-20)15-4-3-7-25-10-15/h7-13,16-18,33H,5-6,14-15H2,1-4H3,(H,32,38)(H,34,37);4-10,15-17,31H,11-14H2,1-3H3,(H,32,36);3-12,26H,1-2H3,(H,27,29)(H,30,31);3-11,26H,1-2H3,(H,27,29)(H,30,31)/b24-17-;23-16-;18-11-;17-9-. The molecule has 0 bridgehead atoms. The van der Waals surface area contributed by atoms with Crippen LogP contribution in [0.4, 0.5) is 22.7 Å². The number of pyridine rings is 1. The summed E-state index contributed by atoms with van der Waals surface area (Å²) in [5.41, 5.74) is 29.7. The minimum Gasteiger partial charge on any atom is -0.478 e. The Morgan fingerprint density at radius 1 is 0.390 bits per heavy atom. The highest BCUT2D eigenvalue weighted by atomic mass is 32.1. The minimum atomic E-state index is -0.993. The second-order valence-corrected chi connectivity index (χ2v) is 38.2. The minimum absolute atomic E-state index is 0.0466. The summed E-state index contributed by atoms with van der Waals surface area (Å²) in [5, 5.41) is 45.5. The third-order valence-corrected chi connectivity index (χ3v) is 29.3. The van der Waals surface area contributed by atoms with Crippen LogP contribution in [0.15, 0.2) is 210 Å². The topological polar surface area (TPSA) is 374 Å². The van der Waals surface area contributed by atoms with Crippen molar-refractivity contribution in [3.63, 3.8) is 0 Å². The summed E-state index contributed by atoms with van der Waals surface area (Å²) in [6.45, 7) is 25.3. The summed E-state index contributed by atoms with van der Waals surface area (Å²) < 4.78 is 0. The van der Waals surface area contributed by atoms with Crippen LogP contribution in [0.3, 0.4) is 0 Å². The quantitative estimate of drug-likeness (QED) is 0.0298. The fraction of sp³-hybridized carbons (Fsp3) is 0.173. The summed E-state index contributed by atoms with van der Waals surface area (Å²) in [6, 6.07) is 57.4. The molecule has 6 amide bonds. The number of aromatic amines is 4. The first-order chi connectivity index (χ1) is 68.1. The maximum absolute atomic E-state index is 13.3. The predicted octanol–water partition coefficient (Wildman–Crippen LogP) is 21.9. The molecule has 27 nitrogen and oxygen atoms in total. The van der Waals surface area contributed by atoms with E-state index in [1.54, 1.807) is 86.3 Å². The van der Waals surface area contributed by atoms with Crippen LogP contribution in [-0.4, -0.2) is 177 Å². The van der Waals surface area contributed by atoms with Gasteiger partial charge in [0.05, 0.1) is 67.3 Å². The van der Waals surface area contributed by atoms with E-state index < -0.39 is 11.9 Å². The summed E-state index contributed by atoms with van der Waals surface area (Å²) in [6.07, 6.45) is 10.6. The number of piperazine rings is 1. The number of likely N-dealkylation sites (N-methyl/N-ethyl adjacent to an activating group) is 2. The van der Waals surface area contributed by atoms with E-state index >= 15 is 0 Å². The summed E-state index contributed by atoms with van der Waals surface area (Å²) >= 11 is 6.31. The Labute approximate surface area is 829 Å². The molecule has 7 aromatic carbocycles. The number of aryl methyl sites for hydroxylation is 4. The van der Waals surface area contributed by atoms with E-state index in [2.05, 4.69) is 106 Å². The number of anilines is 4. The zero-order chi connectivity index (χ0) is 98.7. The number of H-pyrrole nitrogens is 4. The Balaban J connectivity index is 0.000000125. The molecule has 0 unspecified atom stereocenters. The largest absolute Gasteiger partial charge is 0.478 e. The molecule has 5 aliphatic heterocycles. The highest BCUT2D eigenvalue weighted by molar-refractivity contribution is 7.14. The number of benzene rings is 7. The van der Waals surface area contributed by atoms with Gasteiger partial charge in [-0.3, -0.25) is 33.8 Å². The number of carbonyl (C=O) groups excluding carboxylic acids is 6. The van der Waals surface area contributed by atoms with Crippen molar-refractivity contribution < 1.29 is 48.6 Å². The van der Waals surface area contributed by atoms with E-state index in [0.717, 1.165) is 206 Å². The molecule has 11 N–H and O–H groups in total. The van der Waals surface area contributed by atoms with Crippen LogP contribution in [-0.2, 0) is 19.2 Å². The Kier molecular flexibility index (Phi) is 27.7. The van der Waals surface area contributed by atoms with Gasteiger partial charge in [-0.25, -0.2) is 29.5 Å². The average molecular weight is 1950 g/mol. The lowest BCUT2D eigenvalue weighted by molar-refractivity contribution is -0.111. The second-order valence-electron chi connectivity index (χ2n) is 34.7. The number of aromatic carboxylic acids is 2. The molecule has 141 heavy (non-hydrogen) atoms. The van der Waals surface area contributed by atoms with Crippen molar-refractivity contribution in [3.05, 3.63) is 322 Å². The number of carboxylic acids is 2. The molecule has 0 radical (unpaired) electrons. The van der Waals surface area contributed by atoms with Gasteiger partial charge in [0.1, 0.15) is 20.0 Å². The molecule has 0 saturated carbocycles. The molecule has 9 aromatic heterocycles. The number of carbonyl (C=O) groups is 8. The van der Waals surface area contributed by atoms with Crippen LogP contribution in [0.5, 0.6) is 0 Å². The van der Waals surface area contributed by atoms with Crippen molar-refractivity contribution >= 4 is 162 Å². The SMILES string of the molecule is CCN(CC)CCNC(=O)c1c(C)[nH]c(/C=C2\C(=O)Nc3ccc(-c4csc(-c5ccccc5)n4)cc32)c1C.Cc1[nH]c(/C=C2\C(=O)Nc3ccc(-c4csc(-c5ccccc5)n4)cc32)c(C)c1C(=O)N1CCN(C)CC1.Cc1[nH]c(/C=C2\C(=O)Nc3ccc(-c4csc(-c5ccccc5)n4)cc32)c(C)c1C(=O)O.Cc1[nH]c(/C=C2\C(=O)Nc3ccc(-c4csc(-c5cccnc5)n4)cc32)c(C)c1C(=O)O. The molecule has 0 spiro atoms. The zero-order valence-corrected chi connectivity index (χ0v) is 82.3. The number of thiazole rings is 4. The first kappa shape index (κ1) is 95.3. The normalized spacial score (nSPS) is 14.6. The number of rotatable bonds is 21. The predicted molar refractivity (Wildman–Crippen MR) is 564 cm³/mol. The lowest BCUT2D eigenvalue weighted by Gasteiger charge is -2.32. The average Bonchev–Trinajstić information content (AvgIpc) is 1.63. The van der Waals surface area contributed by atoms with Gasteiger partial charge in [0.15, 0.2) is 0 Å². The van der Waals surface area contributed by atoms with E-state index in [1.165, 1.54) is 11.3 Å². The molecule has 21 rings (SSSR count). The summed E-state index contributed by atoms with van der Waals surface area (Å²) in [4.78, 5) is 143. The Bertz CT molecular complexity index is 7550. The molecular weight excluding hydrogens is 1850 g/mol. The first-order valence-corrected chi connectivity index (χ1v) is 49.5. The van der Waals surface area contributed by atoms with Crippen LogP contribution in [0.1, 0.15) is 145 Å². The van der Waals surface area contributed by atoms with Gasteiger partial charge in [0.25, 0.3) is 35.4 Å². The monoisotopic (exact) mass is 1950 g/mol. The third-order valence-electron chi connectivity index (χ3n) is 25.7. The second kappa shape index (κ2) is 40.9. The number of nitrogens with zero attached hydrogens (tertiary/aromatic N) is 8. The molecule has 0 atom stereocenters. The maximum atomic E-state index is 13.3. The first-order valence-electron chi connectivity index (χ1n) is 45.9. The highest BCUT2D eigenvalue weighted by Gasteiger charge is 2.34. The van der Waals surface area contributed by atoms with Crippen molar-refractivity contribution in [1.82, 2.24) is 64.9 Å². The number of fused-ring (bicyclic) bond motifs is 4. The number of aromatic nitrogens is 9. The summed E-state index contributed by atoms with van der Waals surface area (Å²) in [5.74, 6) is -2.80. The number of hydrogen-bond acceptors (Lipinski definition) is 19. The highest BCUT2D eigenvalue weighted by Crippen LogP contribution is 2.45. The Morgan fingerprint density at radius 3 is 1.01 bits per heavy atom. The maximum Gasteiger partial charge on any atom is 0.337 e. The smallest absolute Gasteiger partial charge is 0.337 e. The number of hydrogen-bond donors (Lipinski definition) is 11. The van der Waals surface area contributed by atoms with E-state index in [0.29, 0.717) is 79.6 Å². The molecular formula is C110H99N17O10S4. The molecule has 0 aliphatic carbocycles. The lowest BCUT2D eigenvalue weighted by atomic mass is 10.0. The lowest BCUT2D eigenvalue weighted by Crippen LogP contribution is -2.47. The number of amides is 6. The van der Waals surface area contributed by atoms with Crippen molar-refractivity contribution in [2.45, 2.75) is 69.2 Å². The van der Waals surface area contributed by atoms with Crippen LogP contribution in [0, 0.1) is 55.4 Å². The van der Waals surface area contributed by atoms with E-state index in [9.17, 15) is 48.6 Å². The van der Waals surface area contributed by atoms with Crippen molar-refractivity contribution in [2.75, 3.05) is 80.7 Å². The van der Waals surface area contributed by atoms with Crippen LogP contribution in [0.2, 0.25) is 0 Å². The number of carboxylic acid groups (broad SMARTS) is 2.